The monoisotopic (exact) mass is 578 g/mol. The average molecular weight is 579 g/mol. The van der Waals surface area contributed by atoms with Gasteiger partial charge in [-0.05, 0) is 56.2 Å². The highest BCUT2D eigenvalue weighted by Crippen LogP contribution is 2.32. The molecule has 0 bridgehead atoms. The summed E-state index contributed by atoms with van der Waals surface area (Å²) in [4.78, 5) is 45.4. The summed E-state index contributed by atoms with van der Waals surface area (Å²) in [5, 5.41) is 11.9. The summed E-state index contributed by atoms with van der Waals surface area (Å²) in [6.45, 7) is 8.14. The van der Waals surface area contributed by atoms with Crippen molar-refractivity contribution in [1.82, 2.24) is 4.57 Å². The fourth-order valence-electron chi connectivity index (χ4n) is 5.02. The zero-order valence-electron chi connectivity index (χ0n) is 23.0. The van der Waals surface area contributed by atoms with Crippen LogP contribution in [0.2, 0.25) is 0 Å². The normalized spacial score (nSPS) is 17.2. The van der Waals surface area contributed by atoms with Crippen molar-refractivity contribution in [2.75, 3.05) is 44.4 Å². The highest BCUT2D eigenvalue weighted by atomic mass is 32.1. The lowest BCUT2D eigenvalue weighted by Gasteiger charge is -2.28. The molecule has 0 radical (unpaired) electrons. The van der Waals surface area contributed by atoms with E-state index in [2.05, 4.69) is 4.99 Å². The summed E-state index contributed by atoms with van der Waals surface area (Å²) in [7, 11) is 0. The van der Waals surface area contributed by atoms with Crippen LogP contribution in [-0.4, -0.2) is 55.0 Å². The zero-order chi connectivity index (χ0) is 29.1. The van der Waals surface area contributed by atoms with E-state index in [9.17, 15) is 19.7 Å². The molecule has 0 aliphatic carbocycles. The Kier molecular flexibility index (Phi) is 8.31. The number of aromatic nitrogens is 1. The molecule has 0 N–H and O–H groups in total. The van der Waals surface area contributed by atoms with Crippen LogP contribution in [-0.2, 0) is 14.3 Å². The number of carbonyl (C=O) groups is 1. The maximum absolute atomic E-state index is 13.9. The lowest BCUT2D eigenvalue weighted by atomic mass is 9.96. The first-order chi connectivity index (χ1) is 19.8. The van der Waals surface area contributed by atoms with Crippen molar-refractivity contribution in [3.8, 4) is 5.75 Å². The van der Waals surface area contributed by atoms with Crippen molar-refractivity contribution in [2.45, 2.75) is 26.8 Å². The lowest BCUT2D eigenvalue weighted by molar-refractivity contribution is -0.384. The molecule has 0 saturated carbocycles. The number of morpholine rings is 1. The number of carbonyl (C=O) groups excluding carboxylic acids is 1. The van der Waals surface area contributed by atoms with Gasteiger partial charge in [0, 0.05) is 19.2 Å². The Bertz CT molecular complexity index is 1690. The van der Waals surface area contributed by atoms with E-state index in [-0.39, 0.29) is 23.4 Å². The Labute approximate surface area is 239 Å². The Balaban J connectivity index is 1.62. The van der Waals surface area contributed by atoms with Gasteiger partial charge in [0.2, 0.25) is 0 Å². The molecule has 5 rings (SSSR count). The number of benzene rings is 2. The van der Waals surface area contributed by atoms with Crippen molar-refractivity contribution in [1.29, 1.82) is 0 Å². The number of esters is 1. The van der Waals surface area contributed by atoms with Crippen LogP contribution < -0.4 is 24.5 Å². The van der Waals surface area contributed by atoms with Gasteiger partial charge in [-0.3, -0.25) is 19.5 Å². The molecule has 3 heterocycles. The summed E-state index contributed by atoms with van der Waals surface area (Å²) >= 11 is 1.16. The summed E-state index contributed by atoms with van der Waals surface area (Å²) in [6.07, 6.45) is 1.62. The van der Waals surface area contributed by atoms with Gasteiger partial charge >= 0.3 is 5.97 Å². The molecule has 2 aromatic carbocycles. The molecule has 0 unspecified atom stereocenters. The minimum atomic E-state index is -0.763. The van der Waals surface area contributed by atoms with Crippen LogP contribution in [0, 0.1) is 10.1 Å². The molecule has 214 valence electrons. The topological polar surface area (TPSA) is 126 Å². The van der Waals surface area contributed by atoms with Gasteiger partial charge in [0.05, 0.1) is 53.2 Å². The number of anilines is 1. The second-order valence-corrected chi connectivity index (χ2v) is 10.4. The number of thiazole rings is 1. The molecule has 12 heteroatoms. The first-order valence-corrected chi connectivity index (χ1v) is 14.2. The molecule has 41 heavy (non-hydrogen) atoms. The third-order valence-corrected chi connectivity index (χ3v) is 7.85. The number of nitro benzene ring substituents is 1. The van der Waals surface area contributed by atoms with Crippen LogP contribution in [0.5, 0.6) is 5.75 Å². The number of fused-ring (bicyclic) bond motifs is 1. The molecule has 0 spiro atoms. The fourth-order valence-corrected chi connectivity index (χ4v) is 6.07. The van der Waals surface area contributed by atoms with Crippen LogP contribution in [0.4, 0.5) is 11.4 Å². The van der Waals surface area contributed by atoms with Crippen molar-refractivity contribution in [2.24, 2.45) is 4.99 Å². The van der Waals surface area contributed by atoms with E-state index in [1.165, 1.54) is 10.6 Å². The van der Waals surface area contributed by atoms with Gasteiger partial charge in [0.25, 0.3) is 11.2 Å². The van der Waals surface area contributed by atoms with E-state index < -0.39 is 16.9 Å². The number of nitrogens with zero attached hydrogens (tertiary/aromatic N) is 4. The predicted molar refractivity (Wildman–Crippen MR) is 154 cm³/mol. The van der Waals surface area contributed by atoms with Crippen LogP contribution in [0.3, 0.4) is 0 Å². The average Bonchev–Trinajstić information content (AvgIpc) is 3.27. The molecule has 11 nitrogen and oxygen atoms in total. The second-order valence-electron chi connectivity index (χ2n) is 9.41. The van der Waals surface area contributed by atoms with Gasteiger partial charge in [-0.25, -0.2) is 9.79 Å². The largest absolute Gasteiger partial charge is 0.494 e. The predicted octanol–water partition coefficient (Wildman–Crippen LogP) is 2.94. The van der Waals surface area contributed by atoms with Crippen molar-refractivity contribution < 1.29 is 23.9 Å². The van der Waals surface area contributed by atoms with Gasteiger partial charge in [0.1, 0.15) is 11.4 Å². The van der Waals surface area contributed by atoms with E-state index in [1.807, 2.05) is 24.0 Å². The van der Waals surface area contributed by atoms with Gasteiger partial charge in [-0.15, -0.1) is 0 Å². The molecule has 0 amide bonds. The van der Waals surface area contributed by atoms with Gasteiger partial charge in [-0.1, -0.05) is 29.5 Å². The van der Waals surface area contributed by atoms with E-state index >= 15 is 0 Å². The number of rotatable bonds is 8. The Morgan fingerprint density at radius 2 is 1.90 bits per heavy atom. The molecule has 1 atom stereocenters. The van der Waals surface area contributed by atoms with E-state index in [4.69, 9.17) is 14.2 Å². The summed E-state index contributed by atoms with van der Waals surface area (Å²) in [5.41, 5.74) is 2.06. The fraction of sp³-hybridized carbons (Fsp3) is 0.345. The minimum absolute atomic E-state index is 0.0406. The maximum Gasteiger partial charge on any atom is 0.338 e. The van der Waals surface area contributed by atoms with Gasteiger partial charge in [-0.2, -0.15) is 0 Å². The molecule has 1 saturated heterocycles. The maximum atomic E-state index is 13.9. The van der Waals surface area contributed by atoms with Gasteiger partial charge in [0.15, 0.2) is 4.80 Å². The standard InChI is InChI=1S/C29H30N4O7S/c1-4-39-21-9-7-20(8-10-21)26-25(28(35)40-5-2)18(3)30-29-32(26)27(34)24(41-29)17-19-6-11-22(23(16-19)33(36)37)31-12-14-38-15-13-31/h6-11,16-17,26H,4-5,12-15H2,1-3H3/b24-17+/t26-/m0/s1. The highest BCUT2D eigenvalue weighted by molar-refractivity contribution is 7.07. The molecule has 1 aromatic heterocycles. The molecule has 2 aliphatic rings. The van der Waals surface area contributed by atoms with E-state index in [0.29, 0.717) is 70.5 Å². The summed E-state index contributed by atoms with van der Waals surface area (Å²) in [5.74, 6) is 0.125. The summed E-state index contributed by atoms with van der Waals surface area (Å²) in [6, 6.07) is 11.4. The van der Waals surface area contributed by atoms with Crippen molar-refractivity contribution in [3.05, 3.63) is 94.7 Å². The Hall–Kier alpha value is -4.29. The highest BCUT2D eigenvalue weighted by Gasteiger charge is 2.33. The third-order valence-electron chi connectivity index (χ3n) is 6.87. The van der Waals surface area contributed by atoms with Crippen molar-refractivity contribution >= 4 is 34.8 Å². The van der Waals surface area contributed by atoms with E-state index in [1.54, 1.807) is 44.2 Å². The smallest absolute Gasteiger partial charge is 0.338 e. The summed E-state index contributed by atoms with van der Waals surface area (Å²) < 4.78 is 18.1. The van der Waals surface area contributed by atoms with Crippen LogP contribution in [0.25, 0.3) is 6.08 Å². The molecular weight excluding hydrogens is 548 g/mol. The SMILES string of the molecule is CCOC(=O)C1=C(C)N=c2s/c(=C/c3ccc(N4CCOCC4)c([N+](=O)[O-])c3)c(=O)n2[C@H]1c1ccc(OCC)cc1. The van der Waals surface area contributed by atoms with Crippen LogP contribution in [0.15, 0.2) is 63.5 Å². The number of hydrogen-bond donors (Lipinski definition) is 0. The molecule has 3 aromatic rings. The Morgan fingerprint density at radius 1 is 1.17 bits per heavy atom. The lowest BCUT2D eigenvalue weighted by Crippen LogP contribution is -2.39. The number of ether oxygens (including phenoxy) is 3. The van der Waals surface area contributed by atoms with Crippen LogP contribution >= 0.6 is 11.3 Å². The van der Waals surface area contributed by atoms with Crippen molar-refractivity contribution in [3.63, 3.8) is 0 Å². The molecule has 2 aliphatic heterocycles. The number of hydrogen-bond acceptors (Lipinski definition) is 10. The number of nitro groups is 1. The quantitative estimate of drug-likeness (QED) is 0.227. The van der Waals surface area contributed by atoms with E-state index in [0.717, 1.165) is 11.3 Å². The van der Waals surface area contributed by atoms with Crippen LogP contribution in [0.1, 0.15) is 37.9 Å². The first-order valence-electron chi connectivity index (χ1n) is 13.4. The molecule has 1 fully saturated rings. The Morgan fingerprint density at radius 3 is 2.56 bits per heavy atom. The minimum Gasteiger partial charge on any atom is -0.494 e. The first kappa shape index (κ1) is 28.2. The third kappa shape index (κ3) is 5.66. The molecular formula is C29H30N4O7S. The van der Waals surface area contributed by atoms with Gasteiger partial charge < -0.3 is 19.1 Å². The second kappa shape index (κ2) is 12.1. The number of allylic oxidation sites excluding steroid dienone is 1. The zero-order valence-corrected chi connectivity index (χ0v) is 23.8.